The van der Waals surface area contributed by atoms with Crippen molar-refractivity contribution in [2.75, 3.05) is 18.4 Å². The first-order chi connectivity index (χ1) is 12.5. The minimum atomic E-state index is -3.45. The monoisotopic (exact) mass is 392 g/mol. The molecule has 1 amide bonds. The van der Waals surface area contributed by atoms with Crippen LogP contribution in [0, 0.1) is 5.92 Å². The molecule has 0 spiro atoms. The van der Waals surface area contributed by atoms with Gasteiger partial charge in [-0.3, -0.25) is 4.79 Å². The maximum absolute atomic E-state index is 12.6. The zero-order valence-electron chi connectivity index (χ0n) is 14.3. The highest BCUT2D eigenvalue weighted by Crippen LogP contribution is 2.25. The molecule has 0 aliphatic carbocycles. The summed E-state index contributed by atoms with van der Waals surface area (Å²) in [6.07, 6.45) is 1.03. The largest absolute Gasteiger partial charge is 0.326 e. The molecule has 0 unspecified atom stereocenters. The predicted octanol–water partition coefficient (Wildman–Crippen LogP) is 3.52. The van der Waals surface area contributed by atoms with Gasteiger partial charge in [0.15, 0.2) is 0 Å². The second-order valence-electron chi connectivity index (χ2n) is 6.38. The molecule has 1 fully saturated rings. The number of carbonyl (C=O) groups excluding carboxylic acids is 1. The van der Waals surface area contributed by atoms with E-state index < -0.39 is 10.0 Å². The number of hydrogen-bond donors (Lipinski definition) is 1. The molecule has 26 heavy (non-hydrogen) atoms. The van der Waals surface area contributed by atoms with Crippen LogP contribution in [0.25, 0.3) is 0 Å². The van der Waals surface area contributed by atoms with Crippen molar-refractivity contribution in [1.29, 1.82) is 0 Å². The van der Waals surface area contributed by atoms with E-state index in [0.717, 1.165) is 5.69 Å². The number of piperidine rings is 1. The van der Waals surface area contributed by atoms with Gasteiger partial charge in [0.1, 0.15) is 0 Å². The van der Waals surface area contributed by atoms with E-state index in [0.29, 0.717) is 36.5 Å². The highest BCUT2D eigenvalue weighted by atomic mass is 35.5. The van der Waals surface area contributed by atoms with E-state index in [9.17, 15) is 13.2 Å². The quantitative estimate of drug-likeness (QED) is 0.846. The Morgan fingerprint density at radius 2 is 1.65 bits per heavy atom. The summed E-state index contributed by atoms with van der Waals surface area (Å²) in [5.74, 6) is -0.352. The van der Waals surface area contributed by atoms with Crippen LogP contribution in [0.1, 0.15) is 18.4 Å². The molecule has 3 rings (SSSR count). The Morgan fingerprint density at radius 1 is 1.04 bits per heavy atom. The number of hydrogen-bond acceptors (Lipinski definition) is 3. The molecule has 0 radical (unpaired) electrons. The van der Waals surface area contributed by atoms with Gasteiger partial charge in [0.2, 0.25) is 15.9 Å². The van der Waals surface area contributed by atoms with Gasteiger partial charge in [0.25, 0.3) is 0 Å². The third-order valence-corrected chi connectivity index (χ3v) is 6.75. The number of carbonyl (C=O) groups is 1. The summed E-state index contributed by atoms with van der Waals surface area (Å²) in [5, 5.41) is 3.34. The first kappa shape index (κ1) is 18.9. The lowest BCUT2D eigenvalue weighted by atomic mass is 9.97. The molecule has 1 aliphatic heterocycles. The second kappa shape index (κ2) is 8.20. The topological polar surface area (TPSA) is 66.5 Å². The summed E-state index contributed by atoms with van der Waals surface area (Å²) in [5.41, 5.74) is 1.35. The third-order valence-electron chi connectivity index (χ3n) is 4.56. The van der Waals surface area contributed by atoms with Gasteiger partial charge < -0.3 is 5.32 Å². The van der Waals surface area contributed by atoms with Crippen LogP contribution in [0.4, 0.5) is 5.69 Å². The van der Waals surface area contributed by atoms with Crippen molar-refractivity contribution in [3.63, 3.8) is 0 Å². The van der Waals surface area contributed by atoms with Crippen LogP contribution in [0.15, 0.2) is 54.6 Å². The van der Waals surface area contributed by atoms with Gasteiger partial charge in [-0.25, -0.2) is 12.7 Å². The van der Waals surface area contributed by atoms with Crippen molar-refractivity contribution in [2.45, 2.75) is 18.6 Å². The first-order valence-electron chi connectivity index (χ1n) is 8.53. The third kappa shape index (κ3) is 4.63. The van der Waals surface area contributed by atoms with Crippen LogP contribution in [0.5, 0.6) is 0 Å². The predicted molar refractivity (Wildman–Crippen MR) is 103 cm³/mol. The lowest BCUT2D eigenvalue weighted by Crippen LogP contribution is -2.41. The highest BCUT2D eigenvalue weighted by Gasteiger charge is 2.31. The molecule has 1 aliphatic rings. The molecular weight excluding hydrogens is 372 g/mol. The number of amides is 1. The molecule has 0 bridgehead atoms. The molecule has 5 nitrogen and oxygen atoms in total. The standard InChI is InChI=1S/C19H21ClN2O3S/c20-18-9-5-4-6-16(18)14-26(24,25)22-12-10-15(11-13-22)19(23)21-17-7-2-1-3-8-17/h1-9,15H,10-14H2,(H,21,23). The fourth-order valence-corrected chi connectivity index (χ4v) is 4.94. The zero-order chi connectivity index (χ0) is 18.6. The minimum Gasteiger partial charge on any atom is -0.326 e. The molecule has 1 saturated heterocycles. The Kier molecular flexibility index (Phi) is 5.96. The molecule has 2 aromatic carbocycles. The minimum absolute atomic E-state index is 0.0562. The van der Waals surface area contributed by atoms with E-state index in [1.54, 1.807) is 24.3 Å². The summed E-state index contributed by atoms with van der Waals surface area (Å²) >= 11 is 6.08. The van der Waals surface area contributed by atoms with E-state index in [4.69, 9.17) is 11.6 Å². The SMILES string of the molecule is O=C(Nc1ccccc1)C1CCN(S(=O)(=O)Cc2ccccc2Cl)CC1. The number of sulfonamides is 1. The molecule has 0 atom stereocenters. The maximum atomic E-state index is 12.6. The fraction of sp³-hybridized carbons (Fsp3) is 0.316. The van der Waals surface area contributed by atoms with Crippen molar-refractivity contribution >= 4 is 33.2 Å². The summed E-state index contributed by atoms with van der Waals surface area (Å²) in [7, 11) is -3.45. The number of nitrogens with zero attached hydrogens (tertiary/aromatic N) is 1. The average Bonchev–Trinajstić information content (AvgIpc) is 2.64. The van der Waals surface area contributed by atoms with Crippen LogP contribution in [-0.4, -0.2) is 31.7 Å². The molecule has 7 heteroatoms. The number of nitrogens with one attached hydrogen (secondary N) is 1. The summed E-state index contributed by atoms with van der Waals surface area (Å²) in [6, 6.07) is 16.2. The van der Waals surface area contributed by atoms with Crippen LogP contribution in [-0.2, 0) is 20.6 Å². The van der Waals surface area contributed by atoms with Crippen molar-refractivity contribution in [2.24, 2.45) is 5.92 Å². The smallest absolute Gasteiger partial charge is 0.227 e. The van der Waals surface area contributed by atoms with E-state index in [1.165, 1.54) is 4.31 Å². The number of rotatable bonds is 5. The van der Waals surface area contributed by atoms with Gasteiger partial charge in [-0.15, -0.1) is 0 Å². The summed E-state index contributed by atoms with van der Waals surface area (Å²) < 4.78 is 26.7. The van der Waals surface area contributed by atoms with Gasteiger partial charge >= 0.3 is 0 Å². The second-order valence-corrected chi connectivity index (χ2v) is 8.75. The number of anilines is 1. The van der Waals surface area contributed by atoms with Crippen molar-refractivity contribution in [3.8, 4) is 0 Å². The van der Waals surface area contributed by atoms with Gasteiger partial charge in [-0.1, -0.05) is 48.0 Å². The van der Waals surface area contributed by atoms with E-state index >= 15 is 0 Å². The van der Waals surface area contributed by atoms with Crippen LogP contribution in [0.3, 0.4) is 0 Å². The van der Waals surface area contributed by atoms with Crippen LogP contribution >= 0.6 is 11.6 Å². The molecule has 0 saturated carbocycles. The molecule has 2 aromatic rings. The summed E-state index contributed by atoms with van der Waals surface area (Å²) in [4.78, 5) is 12.4. The Labute approximate surface area is 159 Å². The Balaban J connectivity index is 1.57. The number of para-hydroxylation sites is 1. The summed E-state index contributed by atoms with van der Waals surface area (Å²) in [6.45, 7) is 0.694. The van der Waals surface area contributed by atoms with Gasteiger partial charge in [-0.2, -0.15) is 0 Å². The van der Waals surface area contributed by atoms with Gasteiger partial charge in [0, 0.05) is 29.7 Å². The maximum Gasteiger partial charge on any atom is 0.227 e. The molecule has 0 aromatic heterocycles. The lowest BCUT2D eigenvalue weighted by molar-refractivity contribution is -0.120. The zero-order valence-corrected chi connectivity index (χ0v) is 15.8. The fourth-order valence-electron chi connectivity index (χ4n) is 3.07. The number of halogens is 1. The Morgan fingerprint density at radius 3 is 2.31 bits per heavy atom. The average molecular weight is 393 g/mol. The van der Waals surface area contributed by atoms with Gasteiger partial charge in [-0.05, 0) is 36.6 Å². The molecule has 1 heterocycles. The van der Waals surface area contributed by atoms with Crippen LogP contribution in [0.2, 0.25) is 5.02 Å². The molecule has 138 valence electrons. The molecular formula is C19H21ClN2O3S. The van der Waals surface area contributed by atoms with E-state index in [-0.39, 0.29) is 17.6 Å². The lowest BCUT2D eigenvalue weighted by Gasteiger charge is -2.30. The highest BCUT2D eigenvalue weighted by molar-refractivity contribution is 7.88. The van der Waals surface area contributed by atoms with Crippen LogP contribution < -0.4 is 5.32 Å². The van der Waals surface area contributed by atoms with Crippen molar-refractivity contribution < 1.29 is 13.2 Å². The number of benzene rings is 2. The normalized spacial score (nSPS) is 16.3. The first-order valence-corrected chi connectivity index (χ1v) is 10.5. The van der Waals surface area contributed by atoms with E-state index in [1.807, 2.05) is 30.3 Å². The molecule has 1 N–H and O–H groups in total. The van der Waals surface area contributed by atoms with Crippen molar-refractivity contribution in [3.05, 3.63) is 65.2 Å². The van der Waals surface area contributed by atoms with E-state index in [2.05, 4.69) is 5.32 Å². The van der Waals surface area contributed by atoms with Crippen molar-refractivity contribution in [1.82, 2.24) is 4.31 Å². The Hall–Kier alpha value is -1.89. The Bertz CT molecular complexity index is 863. The van der Waals surface area contributed by atoms with Gasteiger partial charge in [0.05, 0.1) is 5.75 Å².